The highest BCUT2D eigenvalue weighted by atomic mass is 16.5. The van der Waals surface area contributed by atoms with Crippen molar-refractivity contribution in [2.24, 2.45) is 5.92 Å². The van der Waals surface area contributed by atoms with Crippen molar-refractivity contribution in [3.8, 4) is 11.5 Å². The minimum atomic E-state index is -0.709. The highest BCUT2D eigenvalue weighted by Gasteiger charge is 2.31. The summed E-state index contributed by atoms with van der Waals surface area (Å²) in [5.74, 6) is 0.561. The van der Waals surface area contributed by atoms with Gasteiger partial charge in [-0.1, -0.05) is 12.1 Å². The van der Waals surface area contributed by atoms with Crippen LogP contribution in [0.5, 0.6) is 11.5 Å². The number of ether oxygens (including phenoxy) is 2. The zero-order chi connectivity index (χ0) is 13.7. The van der Waals surface area contributed by atoms with Gasteiger partial charge in [0.25, 0.3) is 0 Å². The lowest BCUT2D eigenvalue weighted by Crippen LogP contribution is -2.51. The number of likely N-dealkylation sites (tertiary alicyclic amines) is 1. The third-order valence-corrected chi connectivity index (χ3v) is 3.12. The molecule has 0 amide bonds. The summed E-state index contributed by atoms with van der Waals surface area (Å²) in [6.07, 6.45) is 0. The molecule has 1 aliphatic heterocycles. The molecule has 1 fully saturated rings. The van der Waals surface area contributed by atoms with Crippen molar-refractivity contribution in [1.82, 2.24) is 4.90 Å². The molecule has 0 atom stereocenters. The summed E-state index contributed by atoms with van der Waals surface area (Å²) >= 11 is 0. The quantitative estimate of drug-likeness (QED) is 0.809. The van der Waals surface area contributed by atoms with Gasteiger partial charge in [0.2, 0.25) is 0 Å². The average Bonchev–Trinajstić information content (AvgIpc) is 2.33. The van der Waals surface area contributed by atoms with Crippen molar-refractivity contribution in [1.29, 1.82) is 0 Å². The van der Waals surface area contributed by atoms with Gasteiger partial charge in [-0.2, -0.15) is 0 Å². The van der Waals surface area contributed by atoms with E-state index in [2.05, 4.69) is 4.90 Å². The molecular formula is C14H19NO4. The van der Waals surface area contributed by atoms with Crippen LogP contribution in [0.25, 0.3) is 0 Å². The molecule has 0 aromatic heterocycles. The van der Waals surface area contributed by atoms with Crippen LogP contribution in [0.1, 0.15) is 6.92 Å². The Morgan fingerprint density at radius 2 is 1.95 bits per heavy atom. The topological polar surface area (TPSA) is 59.0 Å². The summed E-state index contributed by atoms with van der Waals surface area (Å²) in [5, 5.41) is 8.78. The molecule has 1 aliphatic rings. The number of carboxylic acid groups (broad SMARTS) is 1. The molecule has 1 aromatic carbocycles. The zero-order valence-electron chi connectivity index (χ0n) is 11.0. The van der Waals surface area contributed by atoms with Gasteiger partial charge >= 0.3 is 5.97 Å². The number of benzene rings is 1. The molecule has 1 saturated heterocycles. The van der Waals surface area contributed by atoms with Gasteiger partial charge in [0, 0.05) is 19.6 Å². The smallest absolute Gasteiger partial charge is 0.309 e. The van der Waals surface area contributed by atoms with Crippen molar-refractivity contribution < 1.29 is 19.4 Å². The third-order valence-electron chi connectivity index (χ3n) is 3.12. The molecule has 0 spiro atoms. The fourth-order valence-corrected chi connectivity index (χ4v) is 2.04. The van der Waals surface area contributed by atoms with E-state index in [4.69, 9.17) is 14.6 Å². The molecule has 104 valence electrons. The first-order valence-electron chi connectivity index (χ1n) is 6.50. The molecule has 0 unspecified atom stereocenters. The number of aliphatic carboxylic acids is 1. The van der Waals surface area contributed by atoms with Gasteiger partial charge in [-0.25, -0.2) is 0 Å². The van der Waals surface area contributed by atoms with E-state index < -0.39 is 5.97 Å². The molecule has 0 saturated carbocycles. The van der Waals surface area contributed by atoms with Gasteiger partial charge in [0.15, 0.2) is 11.5 Å². The Hall–Kier alpha value is -1.75. The van der Waals surface area contributed by atoms with Crippen molar-refractivity contribution in [2.75, 3.05) is 32.8 Å². The van der Waals surface area contributed by atoms with E-state index >= 15 is 0 Å². The number of rotatable bonds is 7. The summed E-state index contributed by atoms with van der Waals surface area (Å²) in [7, 11) is 0. The molecule has 0 aliphatic carbocycles. The monoisotopic (exact) mass is 265 g/mol. The van der Waals surface area contributed by atoms with Gasteiger partial charge in [-0.05, 0) is 19.1 Å². The van der Waals surface area contributed by atoms with E-state index in [0.29, 0.717) is 26.3 Å². The van der Waals surface area contributed by atoms with Crippen LogP contribution < -0.4 is 9.47 Å². The van der Waals surface area contributed by atoms with Crippen LogP contribution in [0, 0.1) is 5.92 Å². The summed E-state index contributed by atoms with van der Waals surface area (Å²) in [6, 6.07) is 7.57. The van der Waals surface area contributed by atoms with E-state index in [1.54, 1.807) is 0 Å². The van der Waals surface area contributed by atoms with Crippen molar-refractivity contribution in [3.63, 3.8) is 0 Å². The van der Waals surface area contributed by atoms with E-state index in [1.807, 2.05) is 31.2 Å². The molecule has 1 aromatic rings. The van der Waals surface area contributed by atoms with Crippen LogP contribution in [-0.4, -0.2) is 48.8 Å². The van der Waals surface area contributed by atoms with Gasteiger partial charge < -0.3 is 14.6 Å². The Bertz CT molecular complexity index is 429. The molecule has 1 N–H and O–H groups in total. The molecule has 5 heteroatoms. The predicted octanol–water partition coefficient (Wildman–Crippen LogP) is 1.48. The predicted molar refractivity (Wildman–Crippen MR) is 70.7 cm³/mol. The lowest BCUT2D eigenvalue weighted by atomic mass is 10.0. The lowest BCUT2D eigenvalue weighted by molar-refractivity contribution is -0.147. The van der Waals surface area contributed by atoms with Crippen LogP contribution in [0.3, 0.4) is 0 Å². The molecule has 5 nitrogen and oxygen atoms in total. The van der Waals surface area contributed by atoms with E-state index in [1.165, 1.54) is 0 Å². The van der Waals surface area contributed by atoms with E-state index in [0.717, 1.165) is 18.0 Å². The second-order valence-corrected chi connectivity index (χ2v) is 4.52. The number of carbonyl (C=O) groups is 1. The van der Waals surface area contributed by atoms with Crippen LogP contribution in [0.15, 0.2) is 24.3 Å². The normalized spacial score (nSPS) is 15.8. The largest absolute Gasteiger partial charge is 0.490 e. The second kappa shape index (κ2) is 6.43. The highest BCUT2D eigenvalue weighted by Crippen LogP contribution is 2.26. The number of para-hydroxylation sites is 2. The zero-order valence-corrected chi connectivity index (χ0v) is 11.0. The number of carboxylic acids is 1. The summed E-state index contributed by atoms with van der Waals surface area (Å²) in [4.78, 5) is 12.7. The Balaban J connectivity index is 1.73. The van der Waals surface area contributed by atoms with Gasteiger partial charge in [-0.15, -0.1) is 0 Å². The first-order chi connectivity index (χ1) is 9.20. The first-order valence-corrected chi connectivity index (χ1v) is 6.50. The van der Waals surface area contributed by atoms with Crippen LogP contribution in [0.2, 0.25) is 0 Å². The maximum absolute atomic E-state index is 10.7. The Morgan fingerprint density at radius 1 is 1.32 bits per heavy atom. The first kappa shape index (κ1) is 13.7. The summed E-state index contributed by atoms with van der Waals surface area (Å²) < 4.78 is 11.1. The Labute approximate surface area is 112 Å². The van der Waals surface area contributed by atoms with Crippen LogP contribution >= 0.6 is 0 Å². The average molecular weight is 265 g/mol. The van der Waals surface area contributed by atoms with E-state index in [9.17, 15) is 4.79 Å². The minimum Gasteiger partial charge on any atom is -0.490 e. The van der Waals surface area contributed by atoms with E-state index in [-0.39, 0.29) is 5.92 Å². The molecular weight excluding hydrogens is 246 g/mol. The summed E-state index contributed by atoms with van der Waals surface area (Å²) in [5.41, 5.74) is 0. The van der Waals surface area contributed by atoms with Gasteiger partial charge in [0.05, 0.1) is 12.5 Å². The second-order valence-electron chi connectivity index (χ2n) is 4.52. The lowest BCUT2D eigenvalue weighted by Gasteiger charge is -2.36. The highest BCUT2D eigenvalue weighted by molar-refractivity contribution is 5.71. The van der Waals surface area contributed by atoms with Gasteiger partial charge in [-0.3, -0.25) is 9.69 Å². The molecule has 19 heavy (non-hydrogen) atoms. The molecule has 0 radical (unpaired) electrons. The standard InChI is InChI=1S/C14H19NO4/c1-2-18-12-5-3-4-6-13(12)19-8-7-15-9-11(10-15)14(16)17/h3-6,11H,2,7-10H2,1H3,(H,16,17). The minimum absolute atomic E-state index is 0.212. The molecule has 2 rings (SSSR count). The SMILES string of the molecule is CCOc1ccccc1OCCN1CC(C(=O)O)C1. The summed E-state index contributed by atoms with van der Waals surface area (Å²) in [6.45, 7) is 5.05. The number of hydrogen-bond donors (Lipinski definition) is 1. The van der Waals surface area contributed by atoms with Crippen molar-refractivity contribution >= 4 is 5.97 Å². The van der Waals surface area contributed by atoms with Crippen molar-refractivity contribution in [3.05, 3.63) is 24.3 Å². The van der Waals surface area contributed by atoms with Crippen LogP contribution in [0.4, 0.5) is 0 Å². The van der Waals surface area contributed by atoms with Crippen molar-refractivity contribution in [2.45, 2.75) is 6.92 Å². The van der Waals surface area contributed by atoms with Gasteiger partial charge in [0.1, 0.15) is 6.61 Å². The third kappa shape index (κ3) is 3.61. The van der Waals surface area contributed by atoms with Crippen LogP contribution in [-0.2, 0) is 4.79 Å². The number of hydrogen-bond acceptors (Lipinski definition) is 4. The maximum Gasteiger partial charge on any atom is 0.309 e. The fraction of sp³-hybridized carbons (Fsp3) is 0.500. The molecule has 0 bridgehead atoms. The maximum atomic E-state index is 10.7. The Kier molecular flexibility index (Phi) is 4.63. The number of nitrogens with zero attached hydrogens (tertiary/aromatic N) is 1. The Morgan fingerprint density at radius 3 is 2.53 bits per heavy atom. The molecule has 1 heterocycles. The fourth-order valence-electron chi connectivity index (χ4n) is 2.04.